The summed E-state index contributed by atoms with van der Waals surface area (Å²) in [7, 11) is 1.58. The van der Waals surface area contributed by atoms with Gasteiger partial charge in [0.15, 0.2) is 0 Å². The third-order valence-corrected chi connectivity index (χ3v) is 3.68. The second kappa shape index (κ2) is 6.39. The summed E-state index contributed by atoms with van der Waals surface area (Å²) >= 11 is 0. The molecular weight excluding hydrogens is 272 g/mol. The zero-order chi connectivity index (χ0) is 15.4. The molecule has 2 rings (SSSR count). The topological polar surface area (TPSA) is 86.7 Å². The van der Waals surface area contributed by atoms with Crippen LogP contribution in [0, 0.1) is 5.92 Å². The Bertz CT molecular complexity index is 571. The molecule has 1 fully saturated rings. The van der Waals surface area contributed by atoms with E-state index in [1.807, 2.05) is 0 Å². The number of nitrogens with zero attached hydrogens (tertiary/aromatic N) is 1. The molecule has 0 saturated carbocycles. The van der Waals surface area contributed by atoms with Gasteiger partial charge in [-0.3, -0.25) is 9.59 Å². The molecule has 0 spiro atoms. The number of aromatic carboxylic acids is 1. The van der Waals surface area contributed by atoms with E-state index in [-0.39, 0.29) is 23.3 Å². The zero-order valence-electron chi connectivity index (χ0n) is 11.8. The van der Waals surface area contributed by atoms with Gasteiger partial charge in [0.1, 0.15) is 0 Å². The Morgan fingerprint density at radius 1 is 1.29 bits per heavy atom. The monoisotopic (exact) mass is 290 g/mol. The first kappa shape index (κ1) is 15.0. The minimum atomic E-state index is -1.06. The number of piperidine rings is 1. The van der Waals surface area contributed by atoms with Gasteiger partial charge in [-0.1, -0.05) is 6.07 Å². The van der Waals surface area contributed by atoms with Crippen molar-refractivity contribution in [1.29, 1.82) is 0 Å². The van der Waals surface area contributed by atoms with Crippen LogP contribution in [0.4, 0.5) is 0 Å². The second-order valence-electron chi connectivity index (χ2n) is 5.09. The van der Waals surface area contributed by atoms with Crippen molar-refractivity contribution in [2.75, 3.05) is 20.1 Å². The summed E-state index contributed by atoms with van der Waals surface area (Å²) in [5, 5.41) is 11.6. The molecule has 0 aliphatic carbocycles. The third-order valence-electron chi connectivity index (χ3n) is 3.68. The molecule has 2 N–H and O–H groups in total. The van der Waals surface area contributed by atoms with Crippen LogP contribution in [0.5, 0.6) is 0 Å². The standard InChI is InChI=1S/C15H18N2O4/c1-16-13(18)12-6-3-7-17(9-12)14(19)10-4-2-5-11(8-10)15(20)21/h2,4-5,8,12H,3,6-7,9H2,1H3,(H,16,18)(H,20,21)/t12-/m1/s1. The van der Waals surface area contributed by atoms with E-state index in [1.165, 1.54) is 12.1 Å². The highest BCUT2D eigenvalue weighted by atomic mass is 16.4. The Labute approximate surface area is 122 Å². The molecule has 0 aromatic heterocycles. The highest BCUT2D eigenvalue weighted by molar-refractivity contribution is 5.97. The summed E-state index contributed by atoms with van der Waals surface area (Å²) in [6.45, 7) is 0.958. The number of carbonyl (C=O) groups is 3. The number of amides is 2. The van der Waals surface area contributed by atoms with E-state index in [4.69, 9.17) is 5.11 Å². The number of hydrogen-bond acceptors (Lipinski definition) is 3. The minimum Gasteiger partial charge on any atom is -0.478 e. The van der Waals surface area contributed by atoms with Crippen LogP contribution < -0.4 is 5.32 Å². The number of carbonyl (C=O) groups excluding carboxylic acids is 2. The van der Waals surface area contributed by atoms with Gasteiger partial charge in [0, 0.05) is 25.7 Å². The van der Waals surface area contributed by atoms with Crippen LogP contribution >= 0.6 is 0 Å². The Morgan fingerprint density at radius 3 is 2.67 bits per heavy atom. The SMILES string of the molecule is CNC(=O)[C@@H]1CCCN(C(=O)c2cccc(C(=O)O)c2)C1. The number of rotatable bonds is 3. The van der Waals surface area contributed by atoms with Crippen molar-refractivity contribution < 1.29 is 19.5 Å². The van der Waals surface area contributed by atoms with Crippen molar-refractivity contribution in [2.24, 2.45) is 5.92 Å². The molecule has 1 aromatic rings. The molecule has 112 valence electrons. The summed E-state index contributed by atoms with van der Waals surface area (Å²) in [6.07, 6.45) is 1.53. The highest BCUT2D eigenvalue weighted by Crippen LogP contribution is 2.19. The predicted octanol–water partition coefficient (Wildman–Crippen LogP) is 0.983. The van der Waals surface area contributed by atoms with E-state index >= 15 is 0 Å². The van der Waals surface area contributed by atoms with Crippen molar-refractivity contribution in [3.8, 4) is 0 Å². The molecule has 1 aromatic carbocycles. The van der Waals surface area contributed by atoms with Crippen LogP contribution in [0.3, 0.4) is 0 Å². The van der Waals surface area contributed by atoms with Gasteiger partial charge in [-0.05, 0) is 31.0 Å². The maximum atomic E-state index is 12.4. The fraction of sp³-hybridized carbons (Fsp3) is 0.400. The van der Waals surface area contributed by atoms with E-state index in [0.717, 1.165) is 12.8 Å². The molecule has 1 aliphatic heterocycles. The molecule has 2 amide bonds. The summed E-state index contributed by atoms with van der Waals surface area (Å²) < 4.78 is 0. The molecule has 1 atom stereocenters. The molecule has 6 nitrogen and oxygen atoms in total. The summed E-state index contributed by atoms with van der Waals surface area (Å²) in [5.41, 5.74) is 0.424. The number of likely N-dealkylation sites (tertiary alicyclic amines) is 1. The Balaban J connectivity index is 2.14. The lowest BCUT2D eigenvalue weighted by molar-refractivity contribution is -0.125. The van der Waals surface area contributed by atoms with Gasteiger partial charge in [0.2, 0.25) is 5.91 Å². The zero-order valence-corrected chi connectivity index (χ0v) is 11.8. The third kappa shape index (κ3) is 3.39. The number of benzene rings is 1. The molecule has 6 heteroatoms. The van der Waals surface area contributed by atoms with Crippen molar-refractivity contribution in [3.05, 3.63) is 35.4 Å². The van der Waals surface area contributed by atoms with Crippen LogP contribution in [0.2, 0.25) is 0 Å². The van der Waals surface area contributed by atoms with E-state index in [1.54, 1.807) is 24.1 Å². The maximum Gasteiger partial charge on any atom is 0.335 e. The average molecular weight is 290 g/mol. The number of carboxylic acids is 1. The lowest BCUT2D eigenvalue weighted by Crippen LogP contribution is -2.44. The summed E-state index contributed by atoms with van der Waals surface area (Å²) in [6, 6.07) is 5.96. The van der Waals surface area contributed by atoms with Crippen molar-refractivity contribution in [2.45, 2.75) is 12.8 Å². The quantitative estimate of drug-likeness (QED) is 0.869. The number of hydrogen-bond donors (Lipinski definition) is 2. The predicted molar refractivity (Wildman–Crippen MR) is 76.1 cm³/mol. The van der Waals surface area contributed by atoms with Crippen LogP contribution in [0.1, 0.15) is 33.6 Å². The normalized spacial score (nSPS) is 18.1. The van der Waals surface area contributed by atoms with Gasteiger partial charge in [0.05, 0.1) is 11.5 Å². The van der Waals surface area contributed by atoms with Gasteiger partial charge >= 0.3 is 5.97 Å². The van der Waals surface area contributed by atoms with Gasteiger partial charge < -0.3 is 15.3 Å². The van der Waals surface area contributed by atoms with Crippen molar-refractivity contribution in [1.82, 2.24) is 10.2 Å². The van der Waals surface area contributed by atoms with Gasteiger partial charge in [0.25, 0.3) is 5.91 Å². The van der Waals surface area contributed by atoms with Crippen LogP contribution in [0.25, 0.3) is 0 Å². The van der Waals surface area contributed by atoms with Gasteiger partial charge in [-0.25, -0.2) is 4.79 Å². The molecule has 1 aliphatic rings. The Hall–Kier alpha value is -2.37. The molecule has 1 heterocycles. The lowest BCUT2D eigenvalue weighted by atomic mass is 9.96. The fourth-order valence-electron chi connectivity index (χ4n) is 2.55. The average Bonchev–Trinajstić information content (AvgIpc) is 2.53. The lowest BCUT2D eigenvalue weighted by Gasteiger charge is -2.31. The second-order valence-corrected chi connectivity index (χ2v) is 5.09. The Morgan fingerprint density at radius 2 is 2.00 bits per heavy atom. The van der Waals surface area contributed by atoms with E-state index in [0.29, 0.717) is 18.7 Å². The van der Waals surface area contributed by atoms with Crippen molar-refractivity contribution >= 4 is 17.8 Å². The molecular formula is C15H18N2O4. The highest BCUT2D eigenvalue weighted by Gasteiger charge is 2.28. The molecule has 0 bridgehead atoms. The van der Waals surface area contributed by atoms with Crippen LogP contribution in [0.15, 0.2) is 24.3 Å². The maximum absolute atomic E-state index is 12.4. The smallest absolute Gasteiger partial charge is 0.335 e. The number of nitrogens with one attached hydrogen (secondary N) is 1. The molecule has 21 heavy (non-hydrogen) atoms. The Kier molecular flexibility index (Phi) is 4.57. The van der Waals surface area contributed by atoms with E-state index in [9.17, 15) is 14.4 Å². The van der Waals surface area contributed by atoms with Gasteiger partial charge in [-0.2, -0.15) is 0 Å². The summed E-state index contributed by atoms with van der Waals surface area (Å²) in [4.78, 5) is 36.7. The van der Waals surface area contributed by atoms with Crippen LogP contribution in [-0.2, 0) is 4.79 Å². The first-order valence-electron chi connectivity index (χ1n) is 6.87. The van der Waals surface area contributed by atoms with Gasteiger partial charge in [-0.15, -0.1) is 0 Å². The molecule has 1 saturated heterocycles. The summed E-state index contributed by atoms with van der Waals surface area (Å²) in [5.74, 6) is -1.56. The molecule has 0 radical (unpaired) electrons. The first-order chi connectivity index (χ1) is 10.0. The van der Waals surface area contributed by atoms with Crippen molar-refractivity contribution in [3.63, 3.8) is 0 Å². The number of carboxylic acid groups (broad SMARTS) is 1. The first-order valence-corrected chi connectivity index (χ1v) is 6.87. The fourth-order valence-corrected chi connectivity index (χ4v) is 2.55. The molecule has 0 unspecified atom stereocenters. The van der Waals surface area contributed by atoms with Crippen LogP contribution in [-0.4, -0.2) is 47.9 Å². The van der Waals surface area contributed by atoms with E-state index < -0.39 is 5.97 Å². The minimum absolute atomic E-state index is 0.0632. The largest absolute Gasteiger partial charge is 0.478 e. The van der Waals surface area contributed by atoms with E-state index in [2.05, 4.69) is 5.32 Å².